The first kappa shape index (κ1) is 17.2. The smallest absolute Gasteiger partial charge is 0.256 e. The predicted octanol–water partition coefficient (Wildman–Crippen LogP) is 5.50. The molecule has 1 aliphatic rings. The maximum absolute atomic E-state index is 12.9. The number of thiophene rings is 1. The largest absolute Gasteiger partial charge is 0.439 e. The summed E-state index contributed by atoms with van der Waals surface area (Å²) in [5.74, 6) is 1.20. The third-order valence-corrected chi connectivity index (χ3v) is 5.51. The van der Waals surface area contributed by atoms with Crippen molar-refractivity contribution in [1.82, 2.24) is 9.88 Å². The highest BCUT2D eigenvalue weighted by atomic mass is 79.9. The van der Waals surface area contributed by atoms with E-state index in [0.717, 1.165) is 17.3 Å². The van der Waals surface area contributed by atoms with Gasteiger partial charge in [0.15, 0.2) is 0 Å². The second kappa shape index (κ2) is 7.60. The lowest BCUT2D eigenvalue weighted by Gasteiger charge is -2.21. The van der Waals surface area contributed by atoms with Gasteiger partial charge in [-0.1, -0.05) is 28.1 Å². The van der Waals surface area contributed by atoms with Gasteiger partial charge in [-0.25, -0.2) is 4.98 Å². The van der Waals surface area contributed by atoms with Crippen LogP contribution in [0.3, 0.4) is 0 Å². The number of hydrogen-bond donors (Lipinski definition) is 0. The Balaban J connectivity index is 1.47. The number of amides is 1. The minimum absolute atomic E-state index is 0.0300. The Morgan fingerprint density at radius 3 is 2.77 bits per heavy atom. The van der Waals surface area contributed by atoms with Crippen LogP contribution in [0, 0.1) is 0 Å². The zero-order valence-electron chi connectivity index (χ0n) is 14.0. The predicted molar refractivity (Wildman–Crippen MR) is 106 cm³/mol. The number of pyridine rings is 1. The standard InChI is InChI=1S/C20H17BrN2O2S/c21-15-3-1-4-17(11-15)25-19-9-6-14(12-22-19)20(24)23(16-7-8-16)13-18-5-2-10-26-18/h1-6,9-12,16H,7-8,13H2. The van der Waals surface area contributed by atoms with Crippen LogP contribution in [0.2, 0.25) is 0 Å². The van der Waals surface area contributed by atoms with Gasteiger partial charge in [0.05, 0.1) is 12.1 Å². The van der Waals surface area contributed by atoms with Crippen molar-refractivity contribution in [3.63, 3.8) is 0 Å². The van der Waals surface area contributed by atoms with E-state index < -0.39 is 0 Å². The molecule has 0 spiro atoms. The van der Waals surface area contributed by atoms with Gasteiger partial charge < -0.3 is 9.64 Å². The van der Waals surface area contributed by atoms with Gasteiger partial charge in [0.25, 0.3) is 5.91 Å². The molecule has 0 atom stereocenters. The Bertz CT molecular complexity index is 892. The molecule has 4 rings (SSSR count). The molecule has 0 unspecified atom stereocenters. The number of benzene rings is 1. The second-order valence-electron chi connectivity index (χ2n) is 6.19. The van der Waals surface area contributed by atoms with E-state index in [-0.39, 0.29) is 5.91 Å². The SMILES string of the molecule is O=C(c1ccc(Oc2cccc(Br)c2)nc1)N(Cc1cccs1)C1CC1. The van der Waals surface area contributed by atoms with Crippen molar-refractivity contribution in [2.24, 2.45) is 0 Å². The maximum Gasteiger partial charge on any atom is 0.256 e. The number of carbonyl (C=O) groups is 1. The Hall–Kier alpha value is -2.18. The van der Waals surface area contributed by atoms with E-state index in [1.165, 1.54) is 4.88 Å². The van der Waals surface area contributed by atoms with E-state index in [0.29, 0.717) is 29.8 Å². The topological polar surface area (TPSA) is 42.4 Å². The van der Waals surface area contributed by atoms with Crippen LogP contribution in [0.5, 0.6) is 11.6 Å². The molecule has 4 nitrogen and oxygen atoms in total. The molecule has 1 amide bonds. The lowest BCUT2D eigenvalue weighted by atomic mass is 10.2. The molecule has 6 heteroatoms. The van der Waals surface area contributed by atoms with E-state index in [1.807, 2.05) is 40.6 Å². The number of carbonyl (C=O) groups excluding carboxylic acids is 1. The number of nitrogens with zero attached hydrogens (tertiary/aromatic N) is 2. The average Bonchev–Trinajstić information content (AvgIpc) is 3.35. The summed E-state index contributed by atoms with van der Waals surface area (Å²) in [6.45, 7) is 0.664. The van der Waals surface area contributed by atoms with Crippen LogP contribution in [0.25, 0.3) is 0 Å². The van der Waals surface area contributed by atoms with Crippen molar-refractivity contribution < 1.29 is 9.53 Å². The van der Waals surface area contributed by atoms with Gasteiger partial charge in [0, 0.05) is 27.7 Å². The molecular weight excluding hydrogens is 412 g/mol. The molecule has 26 heavy (non-hydrogen) atoms. The van der Waals surface area contributed by atoms with E-state index >= 15 is 0 Å². The summed E-state index contributed by atoms with van der Waals surface area (Å²) in [5, 5.41) is 2.04. The first-order valence-electron chi connectivity index (χ1n) is 8.42. The van der Waals surface area contributed by atoms with Crippen LogP contribution in [0.1, 0.15) is 28.1 Å². The van der Waals surface area contributed by atoms with Gasteiger partial charge >= 0.3 is 0 Å². The fourth-order valence-electron chi connectivity index (χ4n) is 2.71. The molecule has 1 fully saturated rings. The second-order valence-corrected chi connectivity index (χ2v) is 8.14. The van der Waals surface area contributed by atoms with Crippen molar-refractivity contribution in [2.45, 2.75) is 25.4 Å². The van der Waals surface area contributed by atoms with Gasteiger partial charge in [-0.05, 0) is 48.6 Å². The number of ether oxygens (including phenoxy) is 1. The molecule has 132 valence electrons. The fraction of sp³-hybridized carbons (Fsp3) is 0.200. The van der Waals surface area contributed by atoms with Crippen LogP contribution in [0.15, 0.2) is 64.6 Å². The quantitative estimate of drug-likeness (QED) is 0.520. The third kappa shape index (κ3) is 4.14. The van der Waals surface area contributed by atoms with Crippen molar-refractivity contribution in [3.05, 3.63) is 75.0 Å². The molecular formula is C20H17BrN2O2S. The van der Waals surface area contributed by atoms with Crippen LogP contribution >= 0.6 is 27.3 Å². The van der Waals surface area contributed by atoms with Gasteiger partial charge in [-0.15, -0.1) is 11.3 Å². The van der Waals surface area contributed by atoms with Gasteiger partial charge in [0.1, 0.15) is 5.75 Å². The molecule has 0 N–H and O–H groups in total. The lowest BCUT2D eigenvalue weighted by Crippen LogP contribution is -2.32. The summed E-state index contributed by atoms with van der Waals surface area (Å²) in [6.07, 6.45) is 3.75. The highest BCUT2D eigenvalue weighted by Gasteiger charge is 2.33. The maximum atomic E-state index is 12.9. The highest BCUT2D eigenvalue weighted by Crippen LogP contribution is 2.31. The van der Waals surface area contributed by atoms with Crippen molar-refractivity contribution in [3.8, 4) is 11.6 Å². The first-order valence-corrected chi connectivity index (χ1v) is 10.1. The minimum Gasteiger partial charge on any atom is -0.439 e. The molecule has 3 aromatic rings. The minimum atomic E-state index is 0.0300. The summed E-state index contributed by atoms with van der Waals surface area (Å²) < 4.78 is 6.68. The Kier molecular flexibility index (Phi) is 5.04. The molecule has 0 bridgehead atoms. The van der Waals surface area contributed by atoms with Crippen LogP contribution in [0.4, 0.5) is 0 Å². The average molecular weight is 429 g/mol. The normalized spacial score (nSPS) is 13.4. The number of aromatic nitrogens is 1. The number of halogens is 1. The van der Waals surface area contributed by atoms with Crippen LogP contribution < -0.4 is 4.74 Å². The zero-order chi connectivity index (χ0) is 17.9. The summed E-state index contributed by atoms with van der Waals surface area (Å²) >= 11 is 5.10. The Labute approximate surface area is 164 Å². The number of hydrogen-bond acceptors (Lipinski definition) is 4. The first-order chi connectivity index (χ1) is 12.7. The van der Waals surface area contributed by atoms with E-state index in [2.05, 4.69) is 27.0 Å². The van der Waals surface area contributed by atoms with Gasteiger partial charge in [0.2, 0.25) is 5.88 Å². The Morgan fingerprint density at radius 2 is 2.12 bits per heavy atom. The molecule has 0 saturated heterocycles. The molecule has 0 aliphatic heterocycles. The van der Waals surface area contributed by atoms with E-state index in [9.17, 15) is 4.79 Å². The third-order valence-electron chi connectivity index (χ3n) is 4.16. The zero-order valence-corrected chi connectivity index (χ0v) is 16.4. The molecule has 2 heterocycles. The van der Waals surface area contributed by atoms with Crippen molar-refractivity contribution >= 4 is 33.2 Å². The monoisotopic (exact) mass is 428 g/mol. The van der Waals surface area contributed by atoms with Crippen LogP contribution in [-0.2, 0) is 6.54 Å². The summed E-state index contributed by atoms with van der Waals surface area (Å²) in [6, 6.07) is 15.5. The lowest BCUT2D eigenvalue weighted by molar-refractivity contribution is 0.0731. The Morgan fingerprint density at radius 1 is 1.23 bits per heavy atom. The highest BCUT2D eigenvalue weighted by molar-refractivity contribution is 9.10. The fourth-order valence-corrected chi connectivity index (χ4v) is 3.79. The molecule has 1 aliphatic carbocycles. The van der Waals surface area contributed by atoms with E-state index in [1.54, 1.807) is 29.7 Å². The molecule has 2 aromatic heterocycles. The van der Waals surface area contributed by atoms with Gasteiger partial charge in [-0.3, -0.25) is 4.79 Å². The van der Waals surface area contributed by atoms with Crippen molar-refractivity contribution in [2.75, 3.05) is 0 Å². The number of rotatable bonds is 6. The van der Waals surface area contributed by atoms with Crippen molar-refractivity contribution in [1.29, 1.82) is 0 Å². The van der Waals surface area contributed by atoms with Gasteiger partial charge in [-0.2, -0.15) is 0 Å². The molecule has 1 saturated carbocycles. The summed E-state index contributed by atoms with van der Waals surface area (Å²) in [4.78, 5) is 20.4. The molecule has 1 aromatic carbocycles. The molecule has 0 radical (unpaired) electrons. The van der Waals surface area contributed by atoms with Crippen LogP contribution in [-0.4, -0.2) is 21.8 Å². The van der Waals surface area contributed by atoms with E-state index in [4.69, 9.17) is 4.74 Å². The summed E-state index contributed by atoms with van der Waals surface area (Å²) in [5.41, 5.74) is 0.593. The summed E-state index contributed by atoms with van der Waals surface area (Å²) in [7, 11) is 0.